The Morgan fingerprint density at radius 2 is 1.79 bits per heavy atom. The van der Waals surface area contributed by atoms with E-state index in [2.05, 4.69) is 24.5 Å². The number of hydrogen-bond donors (Lipinski definition) is 0. The standard InChI is InChI=1S/C24H27ClN2O2/c1-3-19(2)27(24(28)18-29-22-12-5-4-6-13-22)17-21-11-9-15-26(21)16-20-10-7-8-14-23(20)25/h4-15,19H,3,16-18H2,1-2H3/t19-/m1/s1. The van der Waals surface area contributed by atoms with E-state index in [4.69, 9.17) is 16.3 Å². The van der Waals surface area contributed by atoms with Gasteiger partial charge in [0.2, 0.25) is 0 Å². The fourth-order valence-electron chi connectivity index (χ4n) is 3.19. The smallest absolute Gasteiger partial charge is 0.261 e. The molecule has 0 radical (unpaired) electrons. The van der Waals surface area contributed by atoms with E-state index in [9.17, 15) is 4.79 Å². The third-order valence-corrected chi connectivity index (χ3v) is 5.47. The number of hydrogen-bond acceptors (Lipinski definition) is 2. The fraction of sp³-hybridized carbons (Fsp3) is 0.292. The van der Waals surface area contributed by atoms with Gasteiger partial charge in [0.15, 0.2) is 6.61 Å². The molecule has 0 N–H and O–H groups in total. The highest BCUT2D eigenvalue weighted by Gasteiger charge is 2.21. The summed E-state index contributed by atoms with van der Waals surface area (Å²) in [5, 5.41) is 0.748. The number of rotatable bonds is 9. The van der Waals surface area contributed by atoms with Crippen LogP contribution in [0.15, 0.2) is 72.9 Å². The Labute approximate surface area is 177 Å². The largest absolute Gasteiger partial charge is 0.484 e. The van der Waals surface area contributed by atoms with Crippen LogP contribution >= 0.6 is 11.6 Å². The van der Waals surface area contributed by atoms with Gasteiger partial charge in [-0.25, -0.2) is 0 Å². The Morgan fingerprint density at radius 1 is 1.07 bits per heavy atom. The number of amides is 1. The summed E-state index contributed by atoms with van der Waals surface area (Å²) in [6.45, 7) is 5.39. The minimum Gasteiger partial charge on any atom is -0.484 e. The molecule has 1 atom stereocenters. The Morgan fingerprint density at radius 3 is 2.52 bits per heavy atom. The van der Waals surface area contributed by atoms with Gasteiger partial charge in [-0.05, 0) is 49.2 Å². The van der Waals surface area contributed by atoms with Crippen LogP contribution in [0.3, 0.4) is 0 Å². The summed E-state index contributed by atoms with van der Waals surface area (Å²) in [6, 6.07) is 21.4. The predicted octanol–water partition coefficient (Wildman–Crippen LogP) is 5.40. The van der Waals surface area contributed by atoms with Crippen molar-refractivity contribution in [1.29, 1.82) is 0 Å². The van der Waals surface area contributed by atoms with Crippen molar-refractivity contribution in [3.8, 4) is 5.75 Å². The Balaban J connectivity index is 1.71. The number of halogens is 1. The number of para-hydroxylation sites is 1. The van der Waals surface area contributed by atoms with Gasteiger partial charge < -0.3 is 14.2 Å². The van der Waals surface area contributed by atoms with Crippen molar-refractivity contribution in [2.75, 3.05) is 6.61 Å². The maximum atomic E-state index is 12.9. The molecule has 5 heteroatoms. The van der Waals surface area contributed by atoms with Gasteiger partial charge in [-0.15, -0.1) is 0 Å². The predicted molar refractivity (Wildman–Crippen MR) is 117 cm³/mol. The number of ether oxygens (including phenoxy) is 1. The fourth-order valence-corrected chi connectivity index (χ4v) is 3.38. The third kappa shape index (κ3) is 5.64. The molecule has 0 fully saturated rings. The summed E-state index contributed by atoms with van der Waals surface area (Å²) < 4.78 is 7.83. The highest BCUT2D eigenvalue weighted by molar-refractivity contribution is 6.31. The molecule has 1 heterocycles. The normalized spacial score (nSPS) is 11.8. The van der Waals surface area contributed by atoms with Gasteiger partial charge in [-0.1, -0.05) is 54.9 Å². The first-order chi connectivity index (χ1) is 14.1. The van der Waals surface area contributed by atoms with E-state index >= 15 is 0 Å². The van der Waals surface area contributed by atoms with E-state index in [1.54, 1.807) is 0 Å². The zero-order valence-corrected chi connectivity index (χ0v) is 17.7. The maximum absolute atomic E-state index is 12.9. The zero-order valence-electron chi connectivity index (χ0n) is 16.9. The highest BCUT2D eigenvalue weighted by Crippen LogP contribution is 2.19. The van der Waals surface area contributed by atoms with E-state index in [0.29, 0.717) is 18.8 Å². The van der Waals surface area contributed by atoms with Crippen molar-refractivity contribution in [2.24, 2.45) is 0 Å². The molecular formula is C24H27ClN2O2. The van der Waals surface area contributed by atoms with Crippen LogP contribution in [0.2, 0.25) is 5.02 Å². The molecule has 3 rings (SSSR count). The average molecular weight is 411 g/mol. The number of nitrogens with zero attached hydrogens (tertiary/aromatic N) is 2. The van der Waals surface area contributed by atoms with E-state index in [1.807, 2.05) is 71.8 Å². The second kappa shape index (κ2) is 10.2. The molecule has 29 heavy (non-hydrogen) atoms. The summed E-state index contributed by atoms with van der Waals surface area (Å²) in [5.74, 6) is 0.681. The third-order valence-electron chi connectivity index (χ3n) is 5.10. The van der Waals surface area contributed by atoms with Gasteiger partial charge in [0.05, 0.1) is 6.54 Å². The van der Waals surface area contributed by atoms with E-state index in [1.165, 1.54) is 0 Å². The van der Waals surface area contributed by atoms with Gasteiger partial charge in [0, 0.05) is 29.5 Å². The van der Waals surface area contributed by atoms with Gasteiger partial charge in [-0.2, -0.15) is 0 Å². The first-order valence-corrected chi connectivity index (χ1v) is 10.3. The molecule has 0 bridgehead atoms. The van der Waals surface area contributed by atoms with Crippen LogP contribution in [-0.4, -0.2) is 28.0 Å². The maximum Gasteiger partial charge on any atom is 0.261 e. The van der Waals surface area contributed by atoms with Crippen LogP contribution in [0.25, 0.3) is 0 Å². The molecule has 4 nitrogen and oxygen atoms in total. The minimum atomic E-state index is -0.0197. The highest BCUT2D eigenvalue weighted by atomic mass is 35.5. The summed E-state index contributed by atoms with van der Waals surface area (Å²) in [5.41, 5.74) is 2.12. The van der Waals surface area contributed by atoms with E-state index < -0.39 is 0 Å². The SMILES string of the molecule is CC[C@@H](C)N(Cc1cccn1Cc1ccccc1Cl)C(=O)COc1ccccc1. The molecule has 0 saturated carbocycles. The lowest BCUT2D eigenvalue weighted by molar-refractivity contribution is -0.136. The molecule has 0 aliphatic rings. The van der Waals surface area contributed by atoms with Crippen molar-refractivity contribution in [3.05, 3.63) is 89.2 Å². The number of aromatic nitrogens is 1. The summed E-state index contributed by atoms with van der Waals surface area (Å²) in [4.78, 5) is 14.8. The Bertz CT molecular complexity index is 923. The van der Waals surface area contributed by atoms with Gasteiger partial charge in [-0.3, -0.25) is 4.79 Å². The molecule has 0 aliphatic carbocycles. The van der Waals surface area contributed by atoms with Crippen LogP contribution in [0.5, 0.6) is 5.75 Å². The van der Waals surface area contributed by atoms with Crippen molar-refractivity contribution >= 4 is 17.5 Å². The van der Waals surface area contributed by atoms with Crippen LogP contribution in [0, 0.1) is 0 Å². The number of benzene rings is 2. The second-order valence-electron chi connectivity index (χ2n) is 7.10. The first kappa shape index (κ1) is 21.0. The minimum absolute atomic E-state index is 0.0197. The summed E-state index contributed by atoms with van der Waals surface area (Å²) in [7, 11) is 0. The lowest BCUT2D eigenvalue weighted by Gasteiger charge is -2.29. The van der Waals surface area contributed by atoms with Crippen molar-refractivity contribution < 1.29 is 9.53 Å². The molecular weight excluding hydrogens is 384 g/mol. The number of carbonyl (C=O) groups excluding carboxylic acids is 1. The van der Waals surface area contributed by atoms with Crippen LogP contribution < -0.4 is 4.74 Å². The van der Waals surface area contributed by atoms with Gasteiger partial charge >= 0.3 is 0 Å². The van der Waals surface area contributed by atoms with Crippen LogP contribution in [0.4, 0.5) is 0 Å². The van der Waals surface area contributed by atoms with Gasteiger partial charge in [0.1, 0.15) is 5.75 Å². The molecule has 0 spiro atoms. The second-order valence-corrected chi connectivity index (χ2v) is 7.51. The zero-order chi connectivity index (χ0) is 20.6. The molecule has 152 valence electrons. The lowest BCUT2D eigenvalue weighted by Crippen LogP contribution is -2.41. The lowest BCUT2D eigenvalue weighted by atomic mass is 10.2. The van der Waals surface area contributed by atoms with Crippen molar-refractivity contribution in [1.82, 2.24) is 9.47 Å². The monoisotopic (exact) mass is 410 g/mol. The molecule has 3 aromatic rings. The molecule has 0 unspecified atom stereocenters. The molecule has 1 aromatic heterocycles. The summed E-state index contributed by atoms with van der Waals surface area (Å²) >= 11 is 6.33. The molecule has 1 amide bonds. The van der Waals surface area contributed by atoms with Crippen molar-refractivity contribution in [3.63, 3.8) is 0 Å². The van der Waals surface area contributed by atoms with E-state index in [0.717, 1.165) is 22.7 Å². The first-order valence-electron chi connectivity index (χ1n) is 9.93. The molecule has 0 aliphatic heterocycles. The average Bonchev–Trinajstić information content (AvgIpc) is 3.18. The quantitative estimate of drug-likeness (QED) is 0.473. The molecule has 0 saturated heterocycles. The van der Waals surface area contributed by atoms with Crippen molar-refractivity contribution in [2.45, 2.75) is 39.4 Å². The van der Waals surface area contributed by atoms with E-state index in [-0.39, 0.29) is 18.6 Å². The van der Waals surface area contributed by atoms with Gasteiger partial charge in [0.25, 0.3) is 5.91 Å². The molecule has 2 aromatic carbocycles. The summed E-state index contributed by atoms with van der Waals surface area (Å²) in [6.07, 6.45) is 2.90. The van der Waals surface area contributed by atoms with Crippen LogP contribution in [-0.2, 0) is 17.9 Å². The Hall–Kier alpha value is -2.72. The Kier molecular flexibility index (Phi) is 7.36. The number of carbonyl (C=O) groups is 1. The van der Waals surface area contributed by atoms with Crippen LogP contribution in [0.1, 0.15) is 31.5 Å². The topological polar surface area (TPSA) is 34.5 Å².